The van der Waals surface area contributed by atoms with E-state index in [0.29, 0.717) is 13.0 Å². The van der Waals surface area contributed by atoms with Crippen molar-refractivity contribution in [3.63, 3.8) is 0 Å². The number of nitrogens with one attached hydrogen (secondary N) is 1. The van der Waals surface area contributed by atoms with E-state index in [9.17, 15) is 13.2 Å². The first kappa shape index (κ1) is 16.2. The SMILES string of the molecule is C=CCNC(=O)CN(C)[C@H]1CCCC[C@H]1S(C)(=O)=O. The monoisotopic (exact) mass is 288 g/mol. The molecular formula is C13H24N2O3S. The summed E-state index contributed by atoms with van der Waals surface area (Å²) in [5.41, 5.74) is 0. The van der Waals surface area contributed by atoms with Gasteiger partial charge in [-0.3, -0.25) is 9.69 Å². The summed E-state index contributed by atoms with van der Waals surface area (Å²) in [5.74, 6) is -0.0970. The number of amides is 1. The van der Waals surface area contributed by atoms with Crippen LogP contribution in [0.5, 0.6) is 0 Å². The number of likely N-dealkylation sites (N-methyl/N-ethyl adjacent to an activating group) is 1. The van der Waals surface area contributed by atoms with Gasteiger partial charge < -0.3 is 5.32 Å². The predicted molar refractivity (Wildman–Crippen MR) is 76.7 cm³/mol. The molecule has 1 fully saturated rings. The average Bonchev–Trinajstić information content (AvgIpc) is 2.35. The zero-order valence-electron chi connectivity index (χ0n) is 11.8. The Balaban J connectivity index is 2.64. The molecule has 0 spiro atoms. The van der Waals surface area contributed by atoms with Gasteiger partial charge in [0.1, 0.15) is 0 Å². The molecule has 1 rings (SSSR count). The highest BCUT2D eigenvalue weighted by Crippen LogP contribution is 2.27. The van der Waals surface area contributed by atoms with Crippen molar-refractivity contribution in [3.8, 4) is 0 Å². The van der Waals surface area contributed by atoms with Crippen LogP contribution in [0, 0.1) is 0 Å². The smallest absolute Gasteiger partial charge is 0.234 e. The van der Waals surface area contributed by atoms with Crippen LogP contribution in [0.2, 0.25) is 0 Å². The number of rotatable bonds is 6. The van der Waals surface area contributed by atoms with Crippen LogP contribution in [-0.4, -0.2) is 56.9 Å². The zero-order chi connectivity index (χ0) is 14.5. The number of carbonyl (C=O) groups is 1. The van der Waals surface area contributed by atoms with E-state index in [2.05, 4.69) is 11.9 Å². The normalized spacial score (nSPS) is 24.2. The van der Waals surface area contributed by atoms with Crippen LogP contribution in [-0.2, 0) is 14.6 Å². The largest absolute Gasteiger partial charge is 0.352 e. The molecule has 110 valence electrons. The molecule has 0 radical (unpaired) electrons. The van der Waals surface area contributed by atoms with Gasteiger partial charge in [0.05, 0.1) is 11.8 Å². The molecule has 2 atom stereocenters. The first-order valence-electron chi connectivity index (χ1n) is 6.63. The zero-order valence-corrected chi connectivity index (χ0v) is 12.6. The Hall–Kier alpha value is -0.880. The van der Waals surface area contributed by atoms with Crippen molar-refractivity contribution in [1.82, 2.24) is 10.2 Å². The Morgan fingerprint density at radius 3 is 2.63 bits per heavy atom. The lowest BCUT2D eigenvalue weighted by Gasteiger charge is -2.36. The second-order valence-electron chi connectivity index (χ2n) is 5.23. The minimum Gasteiger partial charge on any atom is -0.352 e. The summed E-state index contributed by atoms with van der Waals surface area (Å²) in [6, 6.07) is -0.0572. The highest BCUT2D eigenvalue weighted by atomic mass is 32.2. The second kappa shape index (κ2) is 7.05. The summed E-state index contributed by atoms with van der Waals surface area (Å²) in [4.78, 5) is 13.5. The van der Waals surface area contributed by atoms with Gasteiger partial charge in [0.2, 0.25) is 5.91 Å². The van der Waals surface area contributed by atoms with Gasteiger partial charge in [-0.1, -0.05) is 18.9 Å². The van der Waals surface area contributed by atoms with Crippen molar-refractivity contribution in [2.45, 2.75) is 37.0 Å². The summed E-state index contributed by atoms with van der Waals surface area (Å²) < 4.78 is 23.6. The third kappa shape index (κ3) is 4.95. The summed E-state index contributed by atoms with van der Waals surface area (Å²) in [5, 5.41) is 2.36. The third-order valence-corrected chi connectivity index (χ3v) is 5.27. The van der Waals surface area contributed by atoms with Gasteiger partial charge >= 0.3 is 0 Å². The number of hydrogen-bond acceptors (Lipinski definition) is 4. The van der Waals surface area contributed by atoms with Crippen molar-refractivity contribution in [2.24, 2.45) is 0 Å². The van der Waals surface area contributed by atoms with Crippen molar-refractivity contribution in [1.29, 1.82) is 0 Å². The van der Waals surface area contributed by atoms with E-state index in [1.807, 2.05) is 11.9 Å². The molecule has 1 N–H and O–H groups in total. The number of hydrogen-bond donors (Lipinski definition) is 1. The Morgan fingerprint density at radius 2 is 2.05 bits per heavy atom. The molecule has 19 heavy (non-hydrogen) atoms. The maximum Gasteiger partial charge on any atom is 0.234 e. The molecule has 1 aliphatic rings. The third-order valence-electron chi connectivity index (χ3n) is 3.62. The molecule has 0 heterocycles. The molecule has 1 aliphatic carbocycles. The Morgan fingerprint density at radius 1 is 1.42 bits per heavy atom. The van der Waals surface area contributed by atoms with Crippen molar-refractivity contribution >= 4 is 15.7 Å². The summed E-state index contributed by atoms with van der Waals surface area (Å²) >= 11 is 0. The number of nitrogens with zero attached hydrogens (tertiary/aromatic N) is 1. The van der Waals surface area contributed by atoms with E-state index < -0.39 is 9.84 Å². The molecule has 0 saturated heterocycles. The van der Waals surface area contributed by atoms with Gasteiger partial charge in [0, 0.05) is 18.8 Å². The van der Waals surface area contributed by atoms with Gasteiger partial charge in [-0.2, -0.15) is 0 Å². The highest BCUT2D eigenvalue weighted by molar-refractivity contribution is 7.91. The molecule has 0 unspecified atom stereocenters. The second-order valence-corrected chi connectivity index (χ2v) is 7.49. The minimum atomic E-state index is -3.06. The molecule has 0 aromatic rings. The molecule has 0 aromatic carbocycles. The summed E-state index contributed by atoms with van der Waals surface area (Å²) in [7, 11) is -1.24. The molecule has 0 bridgehead atoms. The molecule has 0 aromatic heterocycles. The Bertz CT molecular complexity index is 420. The number of sulfone groups is 1. The fourth-order valence-electron chi connectivity index (χ4n) is 2.67. The molecule has 1 amide bonds. The van der Waals surface area contributed by atoms with Crippen LogP contribution >= 0.6 is 0 Å². The van der Waals surface area contributed by atoms with Gasteiger partial charge in [-0.05, 0) is 19.9 Å². The lowest BCUT2D eigenvalue weighted by Crippen LogP contribution is -2.49. The topological polar surface area (TPSA) is 66.5 Å². The van der Waals surface area contributed by atoms with Gasteiger partial charge in [-0.15, -0.1) is 6.58 Å². The van der Waals surface area contributed by atoms with E-state index in [0.717, 1.165) is 19.3 Å². The van der Waals surface area contributed by atoms with Crippen LogP contribution < -0.4 is 5.32 Å². The minimum absolute atomic E-state index is 0.0572. The first-order valence-corrected chi connectivity index (χ1v) is 8.58. The lowest BCUT2D eigenvalue weighted by molar-refractivity contribution is -0.122. The van der Waals surface area contributed by atoms with E-state index >= 15 is 0 Å². The van der Waals surface area contributed by atoms with Crippen molar-refractivity contribution < 1.29 is 13.2 Å². The van der Waals surface area contributed by atoms with Gasteiger partial charge in [0.25, 0.3) is 0 Å². The van der Waals surface area contributed by atoms with Crippen molar-refractivity contribution in [3.05, 3.63) is 12.7 Å². The van der Waals surface area contributed by atoms with E-state index in [4.69, 9.17) is 0 Å². The maximum atomic E-state index is 11.8. The molecule has 1 saturated carbocycles. The summed E-state index contributed by atoms with van der Waals surface area (Å²) in [6.07, 6.45) is 6.42. The van der Waals surface area contributed by atoms with Crippen molar-refractivity contribution in [2.75, 3.05) is 26.4 Å². The standard InChI is InChI=1S/C13H24N2O3S/c1-4-9-14-13(16)10-15(2)11-7-5-6-8-12(11)19(3,17)18/h4,11-12H,1,5-10H2,2-3H3,(H,14,16)/t11-,12+/m0/s1. The molecule has 0 aliphatic heterocycles. The molecule has 6 heteroatoms. The van der Waals surface area contributed by atoms with Crippen LogP contribution in [0.4, 0.5) is 0 Å². The van der Waals surface area contributed by atoms with Crippen LogP contribution in [0.25, 0.3) is 0 Å². The first-order chi connectivity index (χ1) is 8.86. The maximum absolute atomic E-state index is 11.8. The van der Waals surface area contributed by atoms with Gasteiger partial charge in [0.15, 0.2) is 9.84 Å². The molecule has 5 nitrogen and oxygen atoms in total. The van der Waals surface area contributed by atoms with Crippen LogP contribution in [0.1, 0.15) is 25.7 Å². The van der Waals surface area contributed by atoms with Crippen LogP contribution in [0.15, 0.2) is 12.7 Å². The Labute approximate surface area is 116 Å². The number of carbonyl (C=O) groups excluding carboxylic acids is 1. The van der Waals surface area contributed by atoms with Gasteiger partial charge in [-0.25, -0.2) is 8.42 Å². The van der Waals surface area contributed by atoms with Crippen LogP contribution in [0.3, 0.4) is 0 Å². The Kier molecular flexibility index (Phi) is 6.00. The predicted octanol–water partition coefficient (Wildman–Crippen LogP) is 0.576. The highest BCUT2D eigenvalue weighted by Gasteiger charge is 2.35. The fourth-order valence-corrected chi connectivity index (χ4v) is 4.18. The van der Waals surface area contributed by atoms with E-state index in [1.165, 1.54) is 6.26 Å². The van der Waals surface area contributed by atoms with E-state index in [1.54, 1.807) is 6.08 Å². The quantitative estimate of drug-likeness (QED) is 0.726. The average molecular weight is 288 g/mol. The molecular weight excluding hydrogens is 264 g/mol. The lowest BCUT2D eigenvalue weighted by atomic mass is 9.94. The fraction of sp³-hybridized carbons (Fsp3) is 0.769. The van der Waals surface area contributed by atoms with E-state index in [-0.39, 0.29) is 23.7 Å². The summed E-state index contributed by atoms with van der Waals surface area (Å²) in [6.45, 7) is 4.20.